The SMILES string of the molecule is C1CC2CC1=C(C1CC3CCC1C3)C2. The Morgan fingerprint density at radius 2 is 1.86 bits per heavy atom. The molecule has 76 valence electrons. The summed E-state index contributed by atoms with van der Waals surface area (Å²) in [7, 11) is 0. The minimum Gasteiger partial charge on any atom is -0.0704 e. The van der Waals surface area contributed by atoms with Crippen LogP contribution >= 0.6 is 0 Å². The van der Waals surface area contributed by atoms with Crippen LogP contribution in [0.25, 0.3) is 0 Å². The minimum atomic E-state index is 1.08. The summed E-state index contributed by atoms with van der Waals surface area (Å²) in [5.74, 6) is 4.44. The van der Waals surface area contributed by atoms with E-state index in [1.54, 1.807) is 25.7 Å². The fourth-order valence-corrected chi connectivity index (χ4v) is 4.94. The molecule has 0 nitrogen and oxygen atoms in total. The molecule has 4 unspecified atom stereocenters. The number of allylic oxidation sites excluding steroid dienone is 2. The molecule has 0 spiro atoms. The summed E-state index contributed by atoms with van der Waals surface area (Å²) in [6, 6.07) is 0. The van der Waals surface area contributed by atoms with Gasteiger partial charge in [0.15, 0.2) is 0 Å². The highest BCUT2D eigenvalue weighted by molar-refractivity contribution is 5.29. The van der Waals surface area contributed by atoms with E-state index in [4.69, 9.17) is 0 Å². The van der Waals surface area contributed by atoms with E-state index in [9.17, 15) is 0 Å². The van der Waals surface area contributed by atoms with Gasteiger partial charge in [0.1, 0.15) is 0 Å². The first kappa shape index (κ1) is 7.96. The van der Waals surface area contributed by atoms with E-state index in [0.29, 0.717) is 0 Å². The molecule has 0 N–H and O–H groups in total. The molecule has 4 bridgehead atoms. The van der Waals surface area contributed by atoms with Crippen molar-refractivity contribution in [2.75, 3.05) is 0 Å². The van der Waals surface area contributed by atoms with Crippen molar-refractivity contribution in [1.29, 1.82) is 0 Å². The maximum Gasteiger partial charge on any atom is -0.0169 e. The van der Waals surface area contributed by atoms with Crippen molar-refractivity contribution in [2.24, 2.45) is 23.7 Å². The average molecular weight is 188 g/mol. The second-order valence-electron chi connectivity index (χ2n) is 6.22. The van der Waals surface area contributed by atoms with E-state index in [0.717, 1.165) is 23.7 Å². The van der Waals surface area contributed by atoms with E-state index < -0.39 is 0 Å². The molecule has 4 atom stereocenters. The lowest BCUT2D eigenvalue weighted by atomic mass is 9.79. The fraction of sp³-hybridized carbons (Fsp3) is 0.857. The molecule has 0 heterocycles. The largest absolute Gasteiger partial charge is 0.0704 e. The van der Waals surface area contributed by atoms with Gasteiger partial charge in [-0.05, 0) is 68.6 Å². The monoisotopic (exact) mass is 188 g/mol. The van der Waals surface area contributed by atoms with Gasteiger partial charge in [0, 0.05) is 0 Å². The lowest BCUT2D eigenvalue weighted by Gasteiger charge is -2.26. The summed E-state index contributed by atoms with van der Waals surface area (Å²) in [4.78, 5) is 0. The summed E-state index contributed by atoms with van der Waals surface area (Å²) < 4.78 is 0. The van der Waals surface area contributed by atoms with Crippen molar-refractivity contribution in [3.05, 3.63) is 11.1 Å². The number of rotatable bonds is 1. The molecule has 0 aliphatic heterocycles. The lowest BCUT2D eigenvalue weighted by molar-refractivity contribution is 0.360. The molecule has 0 aromatic rings. The van der Waals surface area contributed by atoms with E-state index in [1.165, 1.54) is 25.7 Å². The minimum absolute atomic E-state index is 1.08. The smallest absolute Gasteiger partial charge is 0.0169 e. The molecule has 3 saturated carbocycles. The number of hydrogen-bond donors (Lipinski definition) is 0. The molecule has 0 aromatic carbocycles. The Bertz CT molecular complexity index is 299. The summed E-state index contributed by atoms with van der Waals surface area (Å²) in [6.45, 7) is 0. The van der Waals surface area contributed by atoms with E-state index >= 15 is 0 Å². The van der Waals surface area contributed by atoms with Crippen molar-refractivity contribution >= 4 is 0 Å². The van der Waals surface area contributed by atoms with Crippen molar-refractivity contribution in [2.45, 2.75) is 51.4 Å². The lowest BCUT2D eigenvalue weighted by Crippen LogP contribution is -2.14. The topological polar surface area (TPSA) is 0 Å². The first-order chi connectivity index (χ1) is 6.90. The van der Waals surface area contributed by atoms with Crippen LogP contribution < -0.4 is 0 Å². The zero-order valence-corrected chi connectivity index (χ0v) is 8.97. The average Bonchev–Trinajstić information content (AvgIpc) is 2.96. The van der Waals surface area contributed by atoms with Gasteiger partial charge in [0.05, 0.1) is 0 Å². The van der Waals surface area contributed by atoms with Crippen LogP contribution in [-0.2, 0) is 0 Å². The maximum atomic E-state index is 1.98. The Balaban J connectivity index is 1.65. The zero-order valence-electron chi connectivity index (χ0n) is 8.97. The van der Waals surface area contributed by atoms with Gasteiger partial charge in [-0.25, -0.2) is 0 Å². The molecule has 0 aromatic heterocycles. The van der Waals surface area contributed by atoms with Gasteiger partial charge >= 0.3 is 0 Å². The quantitative estimate of drug-likeness (QED) is 0.547. The first-order valence-electron chi connectivity index (χ1n) is 6.61. The van der Waals surface area contributed by atoms with Crippen LogP contribution in [-0.4, -0.2) is 0 Å². The maximum absolute atomic E-state index is 1.98. The van der Waals surface area contributed by atoms with Crippen LogP contribution in [0.1, 0.15) is 51.4 Å². The number of hydrogen-bond acceptors (Lipinski definition) is 0. The van der Waals surface area contributed by atoms with Crippen molar-refractivity contribution < 1.29 is 0 Å². The van der Waals surface area contributed by atoms with Crippen LogP contribution in [0.4, 0.5) is 0 Å². The summed E-state index contributed by atoms with van der Waals surface area (Å²) in [6.07, 6.45) is 12.3. The van der Waals surface area contributed by atoms with Gasteiger partial charge in [0.25, 0.3) is 0 Å². The van der Waals surface area contributed by atoms with Gasteiger partial charge in [-0.2, -0.15) is 0 Å². The molecule has 0 heteroatoms. The predicted octanol–water partition coefficient (Wildman–Crippen LogP) is 3.92. The highest BCUT2D eigenvalue weighted by Crippen LogP contribution is 2.56. The molecule has 3 fully saturated rings. The van der Waals surface area contributed by atoms with Crippen LogP contribution in [0.5, 0.6) is 0 Å². The normalized spacial score (nSPS) is 49.7. The van der Waals surface area contributed by atoms with Gasteiger partial charge < -0.3 is 0 Å². The molecule has 0 saturated heterocycles. The van der Waals surface area contributed by atoms with Gasteiger partial charge in [-0.3, -0.25) is 0 Å². The summed E-state index contributed by atoms with van der Waals surface area (Å²) in [5, 5.41) is 0. The Morgan fingerprint density at radius 1 is 0.857 bits per heavy atom. The Kier molecular flexibility index (Phi) is 1.51. The standard InChI is InChI=1S/C14H20/c1-3-11-5-9(1)7-13(11)14-8-10-2-4-12(14)6-10/h9-11,13H,1-8H2. The summed E-state index contributed by atoms with van der Waals surface area (Å²) in [5.41, 5.74) is 3.90. The Hall–Kier alpha value is -0.260. The third kappa shape index (κ3) is 0.951. The van der Waals surface area contributed by atoms with Gasteiger partial charge in [-0.1, -0.05) is 17.6 Å². The molecule has 4 aliphatic rings. The van der Waals surface area contributed by atoms with Crippen LogP contribution in [0.3, 0.4) is 0 Å². The Labute approximate surface area is 86.8 Å². The van der Waals surface area contributed by atoms with E-state index in [-0.39, 0.29) is 0 Å². The van der Waals surface area contributed by atoms with Gasteiger partial charge in [0.2, 0.25) is 0 Å². The Morgan fingerprint density at radius 3 is 2.43 bits per heavy atom. The predicted molar refractivity (Wildman–Crippen MR) is 57.9 cm³/mol. The molecule has 0 amide bonds. The van der Waals surface area contributed by atoms with E-state index in [2.05, 4.69) is 0 Å². The van der Waals surface area contributed by atoms with Crippen LogP contribution in [0.15, 0.2) is 11.1 Å². The second-order valence-corrected chi connectivity index (χ2v) is 6.22. The fourth-order valence-electron chi connectivity index (χ4n) is 4.94. The molecular weight excluding hydrogens is 168 g/mol. The third-order valence-electron chi connectivity index (χ3n) is 5.54. The van der Waals surface area contributed by atoms with Crippen molar-refractivity contribution in [3.8, 4) is 0 Å². The third-order valence-corrected chi connectivity index (χ3v) is 5.54. The molecule has 4 rings (SSSR count). The molecule has 0 radical (unpaired) electrons. The van der Waals surface area contributed by atoms with Crippen LogP contribution in [0, 0.1) is 23.7 Å². The van der Waals surface area contributed by atoms with Gasteiger partial charge in [-0.15, -0.1) is 0 Å². The highest BCUT2D eigenvalue weighted by atomic mass is 14.5. The van der Waals surface area contributed by atoms with Crippen molar-refractivity contribution in [3.63, 3.8) is 0 Å². The first-order valence-corrected chi connectivity index (χ1v) is 6.61. The summed E-state index contributed by atoms with van der Waals surface area (Å²) >= 11 is 0. The molecule has 14 heavy (non-hydrogen) atoms. The second kappa shape index (κ2) is 2.65. The molecule has 4 aliphatic carbocycles. The van der Waals surface area contributed by atoms with Crippen molar-refractivity contribution in [1.82, 2.24) is 0 Å². The number of fused-ring (bicyclic) bond motifs is 4. The highest BCUT2D eigenvalue weighted by Gasteiger charge is 2.44. The van der Waals surface area contributed by atoms with E-state index in [1.807, 2.05) is 11.1 Å². The molecular formula is C14H20. The zero-order chi connectivity index (χ0) is 9.12. The van der Waals surface area contributed by atoms with Crippen LogP contribution in [0.2, 0.25) is 0 Å².